The van der Waals surface area contributed by atoms with E-state index >= 15 is 0 Å². The third-order valence-electron chi connectivity index (χ3n) is 6.40. The first-order valence-corrected chi connectivity index (χ1v) is 10.4. The fourth-order valence-electron chi connectivity index (χ4n) is 4.55. The molecule has 1 saturated carbocycles. The second-order valence-electron chi connectivity index (χ2n) is 8.27. The molecule has 2 atom stereocenters. The van der Waals surface area contributed by atoms with Crippen LogP contribution in [0.2, 0.25) is 0 Å². The Kier molecular flexibility index (Phi) is 7.23. The monoisotopic (exact) mass is 374 g/mol. The summed E-state index contributed by atoms with van der Waals surface area (Å²) in [5.41, 5.74) is 0.657. The number of ether oxygens (including phenoxy) is 1. The molecule has 0 N–H and O–H groups in total. The molecular formula is C24H32F2O. The highest BCUT2D eigenvalue weighted by molar-refractivity contribution is 5.24. The minimum Gasteiger partial charge on any atom is -0.373 e. The zero-order chi connectivity index (χ0) is 19.2. The molecule has 0 radical (unpaired) electrons. The van der Waals surface area contributed by atoms with E-state index in [-0.39, 0.29) is 12.7 Å². The van der Waals surface area contributed by atoms with Gasteiger partial charge in [-0.1, -0.05) is 30.4 Å². The van der Waals surface area contributed by atoms with E-state index in [0.717, 1.165) is 31.1 Å². The Morgan fingerprint density at radius 3 is 2.48 bits per heavy atom. The van der Waals surface area contributed by atoms with Crippen molar-refractivity contribution in [3.05, 3.63) is 59.7 Å². The van der Waals surface area contributed by atoms with E-state index < -0.39 is 11.6 Å². The number of hydrogen-bond acceptors (Lipinski definition) is 1. The topological polar surface area (TPSA) is 9.23 Å². The summed E-state index contributed by atoms with van der Waals surface area (Å²) in [7, 11) is 0. The summed E-state index contributed by atoms with van der Waals surface area (Å²) in [6, 6.07) is 3.25. The summed E-state index contributed by atoms with van der Waals surface area (Å²) in [5, 5.41) is 0. The maximum atomic E-state index is 14.0. The quantitative estimate of drug-likeness (QED) is 0.472. The van der Waals surface area contributed by atoms with Gasteiger partial charge in [-0.3, -0.25) is 0 Å². The summed E-state index contributed by atoms with van der Waals surface area (Å²) in [5.74, 6) is 0.658. The molecule has 1 aromatic rings. The molecule has 0 aromatic heterocycles. The molecule has 1 nitrogen and oxygen atoms in total. The Hall–Kier alpha value is -1.48. The molecule has 2 unspecified atom stereocenters. The Balaban J connectivity index is 1.43. The van der Waals surface area contributed by atoms with Crippen LogP contribution >= 0.6 is 0 Å². The van der Waals surface area contributed by atoms with Crippen LogP contribution < -0.4 is 0 Å². The van der Waals surface area contributed by atoms with Gasteiger partial charge in [-0.25, -0.2) is 8.78 Å². The third kappa shape index (κ3) is 5.28. The van der Waals surface area contributed by atoms with Crippen molar-refractivity contribution in [2.24, 2.45) is 17.8 Å². The normalized spacial score (nSPS) is 28.3. The van der Waals surface area contributed by atoms with Gasteiger partial charge in [-0.15, -0.1) is 6.58 Å². The maximum Gasteiger partial charge on any atom is 0.164 e. The van der Waals surface area contributed by atoms with Crippen LogP contribution in [0.5, 0.6) is 0 Å². The van der Waals surface area contributed by atoms with Gasteiger partial charge in [0.1, 0.15) is 0 Å². The van der Waals surface area contributed by atoms with Crippen LogP contribution in [0.1, 0.15) is 62.5 Å². The molecule has 3 rings (SSSR count). The molecule has 1 aromatic carbocycles. The van der Waals surface area contributed by atoms with E-state index in [2.05, 4.69) is 18.7 Å². The predicted molar refractivity (Wildman–Crippen MR) is 106 cm³/mol. The first-order valence-electron chi connectivity index (χ1n) is 10.4. The average molecular weight is 375 g/mol. The SMILES string of the molecule is C=CCCC1C=CC(C2CCC(OCc3ccc(C)c(F)c3F)CC2)CC1. The van der Waals surface area contributed by atoms with Crippen molar-refractivity contribution < 1.29 is 13.5 Å². The van der Waals surface area contributed by atoms with Crippen LogP contribution in [0.4, 0.5) is 8.78 Å². The van der Waals surface area contributed by atoms with E-state index in [1.165, 1.54) is 32.1 Å². The van der Waals surface area contributed by atoms with E-state index in [1.807, 2.05) is 6.08 Å². The van der Waals surface area contributed by atoms with Crippen LogP contribution in [0.25, 0.3) is 0 Å². The second kappa shape index (κ2) is 9.64. The van der Waals surface area contributed by atoms with Gasteiger partial charge in [0.05, 0.1) is 12.7 Å². The lowest BCUT2D eigenvalue weighted by Gasteiger charge is -2.35. The van der Waals surface area contributed by atoms with Crippen LogP contribution in [0, 0.1) is 36.3 Å². The van der Waals surface area contributed by atoms with Gasteiger partial charge in [0.15, 0.2) is 11.6 Å². The molecule has 0 spiro atoms. The van der Waals surface area contributed by atoms with Gasteiger partial charge in [-0.05, 0) is 81.6 Å². The summed E-state index contributed by atoms with van der Waals surface area (Å²) in [6.07, 6.45) is 16.3. The lowest BCUT2D eigenvalue weighted by atomic mass is 9.73. The number of aryl methyl sites for hydroxylation is 1. The Morgan fingerprint density at radius 2 is 1.81 bits per heavy atom. The molecule has 2 aliphatic carbocycles. The number of allylic oxidation sites excluding steroid dienone is 3. The zero-order valence-electron chi connectivity index (χ0n) is 16.4. The third-order valence-corrected chi connectivity index (χ3v) is 6.40. The number of rotatable bonds is 7. The van der Waals surface area contributed by atoms with Crippen molar-refractivity contribution in [3.63, 3.8) is 0 Å². The molecule has 0 amide bonds. The highest BCUT2D eigenvalue weighted by Crippen LogP contribution is 2.38. The van der Waals surface area contributed by atoms with Crippen molar-refractivity contribution >= 4 is 0 Å². The van der Waals surface area contributed by atoms with Crippen LogP contribution in [-0.4, -0.2) is 6.10 Å². The van der Waals surface area contributed by atoms with Crippen molar-refractivity contribution in [1.29, 1.82) is 0 Å². The van der Waals surface area contributed by atoms with Crippen LogP contribution in [0.15, 0.2) is 36.9 Å². The summed E-state index contributed by atoms with van der Waals surface area (Å²) in [6.45, 7) is 5.55. The molecule has 27 heavy (non-hydrogen) atoms. The first kappa shape index (κ1) is 20.3. The molecule has 3 heteroatoms. The molecule has 2 aliphatic rings. The second-order valence-corrected chi connectivity index (χ2v) is 8.27. The van der Waals surface area contributed by atoms with Crippen LogP contribution in [-0.2, 0) is 11.3 Å². The van der Waals surface area contributed by atoms with Crippen molar-refractivity contribution in [3.8, 4) is 0 Å². The summed E-state index contributed by atoms with van der Waals surface area (Å²) >= 11 is 0. The standard InChI is InChI=1S/C24H32F2O/c1-3-4-5-18-7-10-19(11-8-18)20-12-14-22(15-13-20)27-16-21-9-6-17(2)23(25)24(21)26/h3,6-7,9-10,18-20,22H,1,4-5,8,11-16H2,2H3. The Morgan fingerprint density at radius 1 is 1.04 bits per heavy atom. The van der Waals surface area contributed by atoms with Gasteiger partial charge in [0.2, 0.25) is 0 Å². The van der Waals surface area contributed by atoms with E-state index in [1.54, 1.807) is 19.1 Å². The molecule has 0 heterocycles. The summed E-state index contributed by atoms with van der Waals surface area (Å²) in [4.78, 5) is 0. The molecular weight excluding hydrogens is 342 g/mol. The van der Waals surface area contributed by atoms with E-state index in [4.69, 9.17) is 4.74 Å². The molecule has 0 saturated heterocycles. The lowest BCUT2D eigenvalue weighted by Crippen LogP contribution is -2.27. The average Bonchev–Trinajstić information content (AvgIpc) is 2.71. The zero-order valence-corrected chi connectivity index (χ0v) is 16.4. The smallest absolute Gasteiger partial charge is 0.164 e. The van der Waals surface area contributed by atoms with Crippen molar-refractivity contribution in [2.75, 3.05) is 0 Å². The van der Waals surface area contributed by atoms with Crippen LogP contribution in [0.3, 0.4) is 0 Å². The van der Waals surface area contributed by atoms with E-state index in [9.17, 15) is 8.78 Å². The highest BCUT2D eigenvalue weighted by atomic mass is 19.2. The highest BCUT2D eigenvalue weighted by Gasteiger charge is 2.28. The fourth-order valence-corrected chi connectivity index (χ4v) is 4.55. The van der Waals surface area contributed by atoms with Gasteiger partial charge in [-0.2, -0.15) is 0 Å². The largest absolute Gasteiger partial charge is 0.373 e. The van der Waals surface area contributed by atoms with Crippen molar-refractivity contribution in [2.45, 2.75) is 71.0 Å². The van der Waals surface area contributed by atoms with Crippen molar-refractivity contribution in [1.82, 2.24) is 0 Å². The minimum atomic E-state index is -0.762. The Bertz CT molecular complexity index is 659. The molecule has 1 fully saturated rings. The molecule has 0 aliphatic heterocycles. The van der Waals surface area contributed by atoms with Gasteiger partial charge in [0.25, 0.3) is 0 Å². The fraction of sp³-hybridized carbons (Fsp3) is 0.583. The Labute approximate surface area is 162 Å². The first-order chi connectivity index (χ1) is 13.1. The van der Waals surface area contributed by atoms with Gasteiger partial charge < -0.3 is 4.74 Å². The number of benzene rings is 1. The van der Waals surface area contributed by atoms with E-state index in [0.29, 0.717) is 17.0 Å². The number of halogens is 2. The maximum absolute atomic E-state index is 14.0. The molecule has 148 valence electrons. The lowest BCUT2D eigenvalue weighted by molar-refractivity contribution is 0.000913. The number of hydrogen-bond donors (Lipinski definition) is 0. The van der Waals surface area contributed by atoms with Gasteiger partial charge >= 0.3 is 0 Å². The predicted octanol–water partition coefficient (Wildman–Crippen LogP) is 6.90. The minimum absolute atomic E-state index is 0.159. The summed E-state index contributed by atoms with van der Waals surface area (Å²) < 4.78 is 33.5. The van der Waals surface area contributed by atoms with Gasteiger partial charge in [0, 0.05) is 5.56 Å². The molecule has 0 bridgehead atoms.